The predicted molar refractivity (Wildman–Crippen MR) is 74.4 cm³/mol. The second-order valence-electron chi connectivity index (χ2n) is 4.10. The van der Waals surface area contributed by atoms with E-state index in [9.17, 15) is 4.79 Å². The van der Waals surface area contributed by atoms with Crippen LogP contribution in [0.15, 0.2) is 24.3 Å². The van der Waals surface area contributed by atoms with Crippen LogP contribution in [0.1, 0.15) is 25.8 Å². The molecular formula is C15H20O4. The Morgan fingerprint density at radius 3 is 2.63 bits per heavy atom. The maximum absolute atomic E-state index is 11.6. The number of hydrogen-bond donors (Lipinski definition) is 0. The molecule has 0 heterocycles. The van der Waals surface area contributed by atoms with Crippen LogP contribution < -0.4 is 9.47 Å². The highest BCUT2D eigenvalue weighted by atomic mass is 16.5. The Bertz CT molecular complexity index is 451. The molecule has 0 fully saturated rings. The van der Waals surface area contributed by atoms with Crippen molar-refractivity contribution >= 4 is 12.0 Å². The first-order valence-electron chi connectivity index (χ1n) is 6.21. The number of methoxy groups -OCH3 is 2. The van der Waals surface area contributed by atoms with E-state index in [0.29, 0.717) is 11.5 Å². The largest absolute Gasteiger partial charge is 0.497 e. The molecule has 0 aliphatic carbocycles. The number of hydrogen-bond acceptors (Lipinski definition) is 4. The molecule has 1 atom stereocenters. The first kappa shape index (κ1) is 15.1. The van der Waals surface area contributed by atoms with Crippen molar-refractivity contribution in [3.05, 3.63) is 29.8 Å². The first-order valence-corrected chi connectivity index (χ1v) is 6.21. The maximum atomic E-state index is 11.6. The number of esters is 1. The fraction of sp³-hybridized carbons (Fsp3) is 0.400. The third kappa shape index (κ3) is 4.66. The summed E-state index contributed by atoms with van der Waals surface area (Å²) in [5.74, 6) is 1.02. The molecule has 0 saturated carbocycles. The van der Waals surface area contributed by atoms with E-state index in [1.54, 1.807) is 38.5 Å². The van der Waals surface area contributed by atoms with E-state index in [4.69, 9.17) is 14.2 Å². The van der Waals surface area contributed by atoms with Gasteiger partial charge in [-0.15, -0.1) is 0 Å². The summed E-state index contributed by atoms with van der Waals surface area (Å²) in [4.78, 5) is 11.6. The molecule has 0 aromatic heterocycles. The predicted octanol–water partition coefficient (Wildman–Crippen LogP) is 3.06. The number of benzene rings is 1. The molecule has 0 radical (unpaired) electrons. The van der Waals surface area contributed by atoms with Crippen LogP contribution in [0, 0.1) is 0 Å². The molecule has 1 aromatic rings. The lowest BCUT2D eigenvalue weighted by molar-refractivity contribution is -0.142. The number of rotatable bonds is 6. The molecular weight excluding hydrogens is 244 g/mol. The highest BCUT2D eigenvalue weighted by Crippen LogP contribution is 2.25. The Morgan fingerprint density at radius 1 is 1.32 bits per heavy atom. The minimum Gasteiger partial charge on any atom is -0.497 e. The molecule has 0 amide bonds. The fourth-order valence-corrected chi connectivity index (χ4v) is 1.45. The molecule has 0 spiro atoms. The Kier molecular flexibility index (Phi) is 5.93. The standard InChI is InChI=1S/C15H20O4/c1-5-11(2)19-15(16)9-6-12-10-13(17-3)7-8-14(12)18-4/h6-11H,5H2,1-4H3. The van der Waals surface area contributed by atoms with Crippen molar-refractivity contribution in [2.75, 3.05) is 14.2 Å². The van der Waals surface area contributed by atoms with Crippen LogP contribution in [-0.2, 0) is 9.53 Å². The van der Waals surface area contributed by atoms with Crippen LogP contribution >= 0.6 is 0 Å². The lowest BCUT2D eigenvalue weighted by Gasteiger charge is -2.09. The van der Waals surface area contributed by atoms with Gasteiger partial charge in [-0.1, -0.05) is 6.92 Å². The van der Waals surface area contributed by atoms with Gasteiger partial charge in [0.1, 0.15) is 11.5 Å². The molecule has 4 nitrogen and oxygen atoms in total. The van der Waals surface area contributed by atoms with Crippen molar-refractivity contribution in [3.63, 3.8) is 0 Å². The van der Waals surface area contributed by atoms with E-state index in [1.807, 2.05) is 13.8 Å². The van der Waals surface area contributed by atoms with Gasteiger partial charge in [-0.25, -0.2) is 4.79 Å². The second-order valence-corrected chi connectivity index (χ2v) is 4.10. The molecule has 1 rings (SSSR count). The average Bonchev–Trinajstić information content (AvgIpc) is 2.44. The zero-order chi connectivity index (χ0) is 14.3. The van der Waals surface area contributed by atoms with E-state index in [-0.39, 0.29) is 12.1 Å². The van der Waals surface area contributed by atoms with Crippen LogP contribution in [-0.4, -0.2) is 26.3 Å². The van der Waals surface area contributed by atoms with Gasteiger partial charge in [-0.05, 0) is 37.6 Å². The highest BCUT2D eigenvalue weighted by Gasteiger charge is 2.05. The van der Waals surface area contributed by atoms with Gasteiger partial charge in [0.25, 0.3) is 0 Å². The Balaban J connectivity index is 2.82. The van der Waals surface area contributed by atoms with E-state index < -0.39 is 0 Å². The minimum absolute atomic E-state index is 0.0793. The molecule has 104 valence electrons. The first-order chi connectivity index (χ1) is 9.10. The van der Waals surface area contributed by atoms with Gasteiger partial charge in [-0.2, -0.15) is 0 Å². The summed E-state index contributed by atoms with van der Waals surface area (Å²) in [6, 6.07) is 5.39. The molecule has 1 unspecified atom stereocenters. The molecule has 0 aliphatic rings. The molecule has 0 bridgehead atoms. The lowest BCUT2D eigenvalue weighted by atomic mass is 10.1. The van der Waals surface area contributed by atoms with Gasteiger partial charge < -0.3 is 14.2 Å². The SMILES string of the molecule is CCC(C)OC(=O)C=Cc1cc(OC)ccc1OC. The highest BCUT2D eigenvalue weighted by molar-refractivity contribution is 5.87. The van der Waals surface area contributed by atoms with E-state index in [1.165, 1.54) is 6.08 Å². The fourth-order valence-electron chi connectivity index (χ4n) is 1.45. The summed E-state index contributed by atoms with van der Waals surface area (Å²) in [6.07, 6.45) is 3.77. The normalized spacial score (nSPS) is 12.2. The number of carbonyl (C=O) groups excluding carboxylic acids is 1. The van der Waals surface area contributed by atoms with Crippen molar-refractivity contribution < 1.29 is 19.0 Å². The van der Waals surface area contributed by atoms with E-state index in [2.05, 4.69) is 0 Å². The molecule has 0 saturated heterocycles. The smallest absolute Gasteiger partial charge is 0.331 e. The van der Waals surface area contributed by atoms with Crippen LogP contribution in [0.3, 0.4) is 0 Å². The van der Waals surface area contributed by atoms with Gasteiger partial charge in [0.15, 0.2) is 0 Å². The van der Waals surface area contributed by atoms with Crippen molar-refractivity contribution in [3.8, 4) is 11.5 Å². The monoisotopic (exact) mass is 264 g/mol. The molecule has 0 N–H and O–H groups in total. The van der Waals surface area contributed by atoms with E-state index in [0.717, 1.165) is 12.0 Å². The summed E-state index contributed by atoms with van der Waals surface area (Å²) in [7, 11) is 3.17. The van der Waals surface area contributed by atoms with Crippen molar-refractivity contribution in [1.29, 1.82) is 0 Å². The number of ether oxygens (including phenoxy) is 3. The number of carbonyl (C=O) groups is 1. The average molecular weight is 264 g/mol. The topological polar surface area (TPSA) is 44.8 Å². The lowest BCUT2D eigenvalue weighted by Crippen LogP contribution is -2.11. The van der Waals surface area contributed by atoms with Crippen LogP contribution in [0.2, 0.25) is 0 Å². The summed E-state index contributed by atoms with van der Waals surface area (Å²) >= 11 is 0. The van der Waals surface area contributed by atoms with Crippen LogP contribution in [0.25, 0.3) is 6.08 Å². The third-order valence-corrected chi connectivity index (χ3v) is 2.73. The second kappa shape index (κ2) is 7.46. The van der Waals surface area contributed by atoms with Crippen molar-refractivity contribution in [1.82, 2.24) is 0 Å². The molecule has 19 heavy (non-hydrogen) atoms. The van der Waals surface area contributed by atoms with E-state index >= 15 is 0 Å². The van der Waals surface area contributed by atoms with Gasteiger partial charge in [0.2, 0.25) is 0 Å². The molecule has 1 aromatic carbocycles. The minimum atomic E-state index is -0.362. The zero-order valence-corrected chi connectivity index (χ0v) is 11.8. The van der Waals surface area contributed by atoms with Gasteiger partial charge in [0.05, 0.1) is 20.3 Å². The zero-order valence-electron chi connectivity index (χ0n) is 11.8. The van der Waals surface area contributed by atoms with Crippen molar-refractivity contribution in [2.24, 2.45) is 0 Å². The third-order valence-electron chi connectivity index (χ3n) is 2.73. The molecule has 4 heteroatoms. The van der Waals surface area contributed by atoms with Crippen molar-refractivity contribution in [2.45, 2.75) is 26.4 Å². The van der Waals surface area contributed by atoms with Crippen LogP contribution in [0.5, 0.6) is 11.5 Å². The van der Waals surface area contributed by atoms with Gasteiger partial charge >= 0.3 is 5.97 Å². The Labute approximate surface area is 114 Å². The summed E-state index contributed by atoms with van der Waals surface area (Å²) in [5.41, 5.74) is 0.767. The van der Waals surface area contributed by atoms with Gasteiger partial charge in [-0.3, -0.25) is 0 Å². The summed E-state index contributed by atoms with van der Waals surface area (Å²) in [5, 5.41) is 0. The molecule has 0 aliphatic heterocycles. The van der Waals surface area contributed by atoms with Crippen LogP contribution in [0.4, 0.5) is 0 Å². The Morgan fingerprint density at radius 2 is 2.05 bits per heavy atom. The Hall–Kier alpha value is -1.97. The maximum Gasteiger partial charge on any atom is 0.331 e. The summed E-state index contributed by atoms with van der Waals surface area (Å²) in [6.45, 7) is 3.82. The summed E-state index contributed by atoms with van der Waals surface area (Å²) < 4.78 is 15.5. The van der Waals surface area contributed by atoms with Gasteiger partial charge in [0, 0.05) is 11.6 Å². The quantitative estimate of drug-likeness (QED) is 0.585.